The zero-order valence-corrected chi connectivity index (χ0v) is 14.0. The van der Waals surface area contributed by atoms with Crippen LogP contribution in [-0.2, 0) is 33.8 Å². The van der Waals surface area contributed by atoms with Crippen molar-refractivity contribution in [3.63, 3.8) is 0 Å². The lowest BCUT2D eigenvalue weighted by Crippen LogP contribution is -2.26. The predicted molar refractivity (Wildman–Crippen MR) is 87.8 cm³/mol. The Labute approximate surface area is 145 Å². The smallest absolute Gasteiger partial charge is 0.311 e. The van der Waals surface area contributed by atoms with Crippen LogP contribution in [0.1, 0.15) is 35.7 Å². The highest BCUT2D eigenvalue weighted by atomic mass is 16.5. The minimum Gasteiger partial charge on any atom is -0.455 e. The topological polar surface area (TPSA) is 85.5 Å². The van der Waals surface area contributed by atoms with Gasteiger partial charge in [-0.2, -0.15) is 0 Å². The van der Waals surface area contributed by atoms with Gasteiger partial charge in [0.25, 0.3) is 5.89 Å². The Morgan fingerprint density at radius 1 is 1.32 bits per heavy atom. The van der Waals surface area contributed by atoms with Crippen LogP contribution < -0.4 is 4.90 Å². The largest absolute Gasteiger partial charge is 0.455 e. The molecule has 130 valence electrons. The van der Waals surface area contributed by atoms with Crippen molar-refractivity contribution < 1.29 is 18.7 Å². The molecule has 1 atom stereocenters. The molecule has 1 unspecified atom stereocenters. The number of fused-ring (bicyclic) bond motifs is 1. The van der Waals surface area contributed by atoms with Crippen LogP contribution in [0.4, 0.5) is 5.69 Å². The Morgan fingerprint density at radius 2 is 2.16 bits per heavy atom. The molecule has 0 saturated carbocycles. The summed E-state index contributed by atoms with van der Waals surface area (Å²) < 4.78 is 10.4. The molecule has 2 heterocycles. The highest BCUT2D eigenvalue weighted by molar-refractivity contribution is 5.99. The SMILES string of the molecule is Cc1nnc(COC(=O)C2CC(=O)N(c3ccc4c(c3)CCC4)C2)o1. The van der Waals surface area contributed by atoms with Gasteiger partial charge in [-0.3, -0.25) is 9.59 Å². The first-order valence-electron chi connectivity index (χ1n) is 8.48. The van der Waals surface area contributed by atoms with E-state index in [9.17, 15) is 9.59 Å². The summed E-state index contributed by atoms with van der Waals surface area (Å²) in [5.41, 5.74) is 3.54. The van der Waals surface area contributed by atoms with Gasteiger partial charge in [-0.25, -0.2) is 0 Å². The molecular weight excluding hydrogens is 322 g/mol. The minimum absolute atomic E-state index is 0.0477. The summed E-state index contributed by atoms with van der Waals surface area (Å²) in [5.74, 6) is -0.248. The van der Waals surface area contributed by atoms with Gasteiger partial charge in [-0.05, 0) is 42.5 Å². The molecule has 1 amide bonds. The number of aromatic nitrogens is 2. The van der Waals surface area contributed by atoms with Crippen molar-refractivity contribution >= 4 is 17.6 Å². The van der Waals surface area contributed by atoms with Crippen LogP contribution in [0.3, 0.4) is 0 Å². The number of nitrogens with zero attached hydrogens (tertiary/aromatic N) is 3. The third-order valence-corrected chi connectivity index (χ3v) is 4.76. The fourth-order valence-corrected chi connectivity index (χ4v) is 3.49. The second kappa shape index (κ2) is 6.31. The summed E-state index contributed by atoms with van der Waals surface area (Å²) in [5, 5.41) is 7.47. The molecule has 1 fully saturated rings. The van der Waals surface area contributed by atoms with Crippen molar-refractivity contribution in [3.05, 3.63) is 41.1 Å². The number of rotatable bonds is 4. The lowest BCUT2D eigenvalue weighted by atomic mass is 10.1. The molecule has 0 spiro atoms. The van der Waals surface area contributed by atoms with Gasteiger partial charge >= 0.3 is 5.97 Å². The van der Waals surface area contributed by atoms with E-state index in [-0.39, 0.29) is 24.8 Å². The molecule has 25 heavy (non-hydrogen) atoms. The van der Waals surface area contributed by atoms with Crippen LogP contribution in [0, 0.1) is 12.8 Å². The first kappa shape index (κ1) is 15.8. The molecule has 2 aliphatic rings. The third-order valence-electron chi connectivity index (χ3n) is 4.76. The van der Waals surface area contributed by atoms with Gasteiger partial charge < -0.3 is 14.1 Å². The molecular formula is C18H19N3O4. The summed E-state index contributed by atoms with van der Waals surface area (Å²) in [7, 11) is 0. The molecule has 4 rings (SSSR count). The average Bonchev–Trinajstić information content (AvgIpc) is 3.31. The highest BCUT2D eigenvalue weighted by Crippen LogP contribution is 2.31. The first-order chi connectivity index (χ1) is 12.1. The zero-order valence-electron chi connectivity index (χ0n) is 14.0. The lowest BCUT2D eigenvalue weighted by molar-refractivity contribution is -0.150. The van der Waals surface area contributed by atoms with Crippen molar-refractivity contribution in [2.45, 2.75) is 39.2 Å². The molecule has 7 heteroatoms. The minimum atomic E-state index is -0.468. The number of esters is 1. The van der Waals surface area contributed by atoms with E-state index in [0.717, 1.165) is 24.9 Å². The summed E-state index contributed by atoms with van der Waals surface area (Å²) in [6.07, 6.45) is 3.49. The number of ether oxygens (including phenoxy) is 1. The molecule has 0 N–H and O–H groups in total. The number of aryl methyl sites for hydroxylation is 3. The fourth-order valence-electron chi connectivity index (χ4n) is 3.49. The predicted octanol–water partition coefficient (Wildman–Crippen LogP) is 1.96. The Balaban J connectivity index is 1.40. The Morgan fingerprint density at radius 3 is 2.96 bits per heavy atom. The summed E-state index contributed by atoms with van der Waals surface area (Å²) in [4.78, 5) is 26.3. The number of benzene rings is 1. The lowest BCUT2D eigenvalue weighted by Gasteiger charge is -2.17. The second-order valence-electron chi connectivity index (χ2n) is 6.53. The molecule has 0 radical (unpaired) electrons. The molecule has 1 saturated heterocycles. The fraction of sp³-hybridized carbons (Fsp3) is 0.444. The summed E-state index contributed by atoms with van der Waals surface area (Å²) in [6.45, 7) is 1.95. The van der Waals surface area contributed by atoms with Gasteiger partial charge in [0.05, 0.1) is 5.92 Å². The van der Waals surface area contributed by atoms with Crippen molar-refractivity contribution in [2.75, 3.05) is 11.4 Å². The van der Waals surface area contributed by atoms with E-state index >= 15 is 0 Å². The number of carbonyl (C=O) groups excluding carboxylic acids is 2. The molecule has 1 aromatic carbocycles. The number of anilines is 1. The standard InChI is InChI=1S/C18H19N3O4/c1-11-19-20-16(25-11)10-24-18(23)14-8-17(22)21(9-14)15-6-5-12-3-2-4-13(12)7-15/h5-7,14H,2-4,8-10H2,1H3. The van der Waals surface area contributed by atoms with E-state index < -0.39 is 11.9 Å². The maximum absolute atomic E-state index is 12.3. The van der Waals surface area contributed by atoms with Crippen LogP contribution >= 0.6 is 0 Å². The highest BCUT2D eigenvalue weighted by Gasteiger charge is 2.36. The Kier molecular flexibility index (Phi) is 3.99. The molecule has 1 aliphatic carbocycles. The number of amides is 1. The van der Waals surface area contributed by atoms with Crippen LogP contribution in [0.2, 0.25) is 0 Å². The maximum Gasteiger partial charge on any atom is 0.311 e. The van der Waals surface area contributed by atoms with Gasteiger partial charge in [-0.1, -0.05) is 6.07 Å². The van der Waals surface area contributed by atoms with Crippen LogP contribution in [0.5, 0.6) is 0 Å². The molecule has 0 bridgehead atoms. The van der Waals surface area contributed by atoms with Gasteiger partial charge in [0.15, 0.2) is 6.61 Å². The molecule has 1 aromatic heterocycles. The van der Waals surface area contributed by atoms with Gasteiger partial charge in [0, 0.05) is 25.6 Å². The average molecular weight is 341 g/mol. The number of hydrogen-bond acceptors (Lipinski definition) is 6. The van der Waals surface area contributed by atoms with Gasteiger partial charge in [-0.15, -0.1) is 10.2 Å². The van der Waals surface area contributed by atoms with E-state index in [0.29, 0.717) is 12.4 Å². The van der Waals surface area contributed by atoms with Crippen molar-refractivity contribution in [3.8, 4) is 0 Å². The quantitative estimate of drug-likeness (QED) is 0.790. The number of hydrogen-bond donors (Lipinski definition) is 0. The second-order valence-corrected chi connectivity index (χ2v) is 6.53. The molecule has 7 nitrogen and oxygen atoms in total. The zero-order chi connectivity index (χ0) is 17.4. The summed E-state index contributed by atoms with van der Waals surface area (Å²) in [6, 6.07) is 6.14. The van der Waals surface area contributed by atoms with Crippen LogP contribution in [0.25, 0.3) is 0 Å². The van der Waals surface area contributed by atoms with E-state index in [4.69, 9.17) is 9.15 Å². The van der Waals surface area contributed by atoms with E-state index in [2.05, 4.69) is 22.3 Å². The molecule has 2 aromatic rings. The van der Waals surface area contributed by atoms with Gasteiger partial charge in [0.2, 0.25) is 11.8 Å². The van der Waals surface area contributed by atoms with E-state index in [1.54, 1.807) is 11.8 Å². The van der Waals surface area contributed by atoms with E-state index in [1.807, 2.05) is 6.07 Å². The maximum atomic E-state index is 12.3. The van der Waals surface area contributed by atoms with Crippen molar-refractivity contribution in [2.24, 2.45) is 5.92 Å². The number of carbonyl (C=O) groups is 2. The van der Waals surface area contributed by atoms with Gasteiger partial charge in [0.1, 0.15) is 0 Å². The van der Waals surface area contributed by atoms with Crippen molar-refractivity contribution in [1.82, 2.24) is 10.2 Å². The third kappa shape index (κ3) is 3.14. The summed E-state index contributed by atoms with van der Waals surface area (Å²) >= 11 is 0. The monoisotopic (exact) mass is 341 g/mol. The van der Waals surface area contributed by atoms with Crippen LogP contribution in [0.15, 0.2) is 22.6 Å². The Hall–Kier alpha value is -2.70. The van der Waals surface area contributed by atoms with Crippen LogP contribution in [-0.4, -0.2) is 28.6 Å². The Bertz CT molecular complexity index is 829. The van der Waals surface area contributed by atoms with Crippen molar-refractivity contribution in [1.29, 1.82) is 0 Å². The molecule has 1 aliphatic heterocycles. The van der Waals surface area contributed by atoms with E-state index in [1.165, 1.54) is 11.1 Å². The normalized spacial score (nSPS) is 19.3. The first-order valence-corrected chi connectivity index (χ1v) is 8.48.